The van der Waals surface area contributed by atoms with Crippen molar-refractivity contribution in [3.8, 4) is 0 Å². The number of aromatic nitrogens is 1. The Labute approximate surface area is 72.8 Å². The van der Waals surface area contributed by atoms with Gasteiger partial charge in [-0.15, -0.1) is 0 Å². The zero-order valence-electron chi connectivity index (χ0n) is 7.59. The van der Waals surface area contributed by atoms with Gasteiger partial charge in [-0.2, -0.15) is 0 Å². The fourth-order valence-corrected chi connectivity index (χ4v) is 1.13. The minimum atomic E-state index is -0.0447. The molecule has 0 aromatic carbocycles. The number of aliphatic hydroxyl groups is 1. The summed E-state index contributed by atoms with van der Waals surface area (Å²) in [7, 11) is 0. The summed E-state index contributed by atoms with van der Waals surface area (Å²) in [5.74, 6) is 0. The first kappa shape index (κ1) is 9.13. The Morgan fingerprint density at radius 2 is 2.33 bits per heavy atom. The van der Waals surface area contributed by atoms with Gasteiger partial charge in [0, 0.05) is 24.5 Å². The maximum Gasteiger partial charge on any atom is 0.0521 e. The van der Waals surface area contributed by atoms with Crippen molar-refractivity contribution in [1.29, 1.82) is 0 Å². The molecule has 0 spiro atoms. The summed E-state index contributed by atoms with van der Waals surface area (Å²) in [6, 6.07) is 1.97. The number of aliphatic hydroxyl groups excluding tert-OH is 1. The molecule has 0 aliphatic rings. The number of anilines is 1. The fourth-order valence-electron chi connectivity index (χ4n) is 1.13. The normalized spacial score (nSPS) is 11.6. The minimum Gasteiger partial charge on any atom is -0.396 e. The van der Waals surface area contributed by atoms with Crippen LogP contribution in [0.4, 0.5) is 5.69 Å². The lowest BCUT2D eigenvalue weighted by Crippen LogP contribution is -2.31. The van der Waals surface area contributed by atoms with E-state index in [4.69, 9.17) is 5.11 Å². The van der Waals surface area contributed by atoms with Gasteiger partial charge in [-0.1, -0.05) is 0 Å². The molecule has 3 nitrogen and oxygen atoms in total. The Morgan fingerprint density at radius 3 is 2.83 bits per heavy atom. The van der Waals surface area contributed by atoms with Crippen LogP contribution < -0.4 is 5.32 Å². The molecule has 1 aromatic rings. The Morgan fingerprint density at radius 1 is 1.58 bits per heavy atom. The molecule has 0 amide bonds. The van der Waals surface area contributed by atoms with Crippen molar-refractivity contribution in [3.63, 3.8) is 0 Å². The van der Waals surface area contributed by atoms with Crippen molar-refractivity contribution < 1.29 is 5.11 Å². The quantitative estimate of drug-likeness (QED) is 0.639. The molecule has 0 unspecified atom stereocenters. The van der Waals surface area contributed by atoms with E-state index >= 15 is 0 Å². The van der Waals surface area contributed by atoms with Crippen molar-refractivity contribution in [2.75, 3.05) is 11.9 Å². The highest BCUT2D eigenvalue weighted by molar-refractivity contribution is 5.42. The van der Waals surface area contributed by atoms with E-state index in [2.05, 4.69) is 24.1 Å². The summed E-state index contributed by atoms with van der Waals surface area (Å²) in [4.78, 5) is 2.97. The van der Waals surface area contributed by atoms with Crippen LogP contribution in [0.3, 0.4) is 0 Å². The van der Waals surface area contributed by atoms with Gasteiger partial charge in [-0.05, 0) is 26.3 Å². The van der Waals surface area contributed by atoms with Crippen LogP contribution in [0.15, 0.2) is 18.5 Å². The van der Waals surface area contributed by atoms with E-state index in [1.165, 1.54) is 0 Å². The molecule has 0 saturated carbocycles. The zero-order chi connectivity index (χ0) is 9.03. The Hall–Kier alpha value is -0.960. The van der Waals surface area contributed by atoms with Gasteiger partial charge in [0.2, 0.25) is 0 Å². The molecule has 0 saturated heterocycles. The summed E-state index contributed by atoms with van der Waals surface area (Å²) in [6.07, 6.45) is 4.52. The molecule has 0 aliphatic carbocycles. The van der Waals surface area contributed by atoms with Crippen LogP contribution in [0.5, 0.6) is 0 Å². The van der Waals surface area contributed by atoms with E-state index in [9.17, 15) is 0 Å². The average molecular weight is 168 g/mol. The molecule has 0 atom stereocenters. The highest BCUT2D eigenvalue weighted by atomic mass is 16.3. The van der Waals surface area contributed by atoms with Crippen LogP contribution in [0.1, 0.15) is 20.3 Å². The third-order valence-electron chi connectivity index (χ3n) is 1.82. The predicted octanol–water partition coefficient (Wildman–Crippen LogP) is 1.59. The number of hydrogen-bond donors (Lipinski definition) is 3. The predicted molar refractivity (Wildman–Crippen MR) is 50.2 cm³/mol. The van der Waals surface area contributed by atoms with E-state index in [-0.39, 0.29) is 12.1 Å². The Balaban J connectivity index is 2.50. The van der Waals surface area contributed by atoms with E-state index in [0.29, 0.717) is 0 Å². The number of rotatable bonds is 4. The Kier molecular flexibility index (Phi) is 2.76. The smallest absolute Gasteiger partial charge is 0.0521 e. The van der Waals surface area contributed by atoms with Gasteiger partial charge in [0.05, 0.1) is 5.69 Å². The molecule has 0 radical (unpaired) electrons. The van der Waals surface area contributed by atoms with Crippen LogP contribution in [0.2, 0.25) is 0 Å². The molecular formula is C9H16N2O. The van der Waals surface area contributed by atoms with Gasteiger partial charge in [-0.25, -0.2) is 0 Å². The highest BCUT2D eigenvalue weighted by Crippen LogP contribution is 2.16. The fraction of sp³-hybridized carbons (Fsp3) is 0.556. The summed E-state index contributed by atoms with van der Waals surface area (Å²) < 4.78 is 0. The molecule has 12 heavy (non-hydrogen) atoms. The van der Waals surface area contributed by atoms with Crippen LogP contribution in [0, 0.1) is 0 Å². The van der Waals surface area contributed by atoms with Crippen molar-refractivity contribution in [1.82, 2.24) is 4.98 Å². The topological polar surface area (TPSA) is 48.0 Å². The van der Waals surface area contributed by atoms with Crippen LogP contribution >= 0.6 is 0 Å². The molecule has 0 fully saturated rings. The Bertz CT molecular complexity index is 216. The largest absolute Gasteiger partial charge is 0.396 e. The van der Waals surface area contributed by atoms with Crippen molar-refractivity contribution in [3.05, 3.63) is 18.5 Å². The summed E-state index contributed by atoms with van der Waals surface area (Å²) in [6.45, 7) is 4.34. The lowest BCUT2D eigenvalue weighted by atomic mass is 10.0. The van der Waals surface area contributed by atoms with E-state index in [0.717, 1.165) is 12.1 Å². The van der Waals surface area contributed by atoms with E-state index in [1.54, 1.807) is 0 Å². The average Bonchev–Trinajstić information content (AvgIpc) is 2.38. The summed E-state index contributed by atoms with van der Waals surface area (Å²) >= 11 is 0. The van der Waals surface area contributed by atoms with Crippen LogP contribution in [0.25, 0.3) is 0 Å². The van der Waals surface area contributed by atoms with Crippen molar-refractivity contribution in [2.24, 2.45) is 0 Å². The van der Waals surface area contributed by atoms with E-state index < -0.39 is 0 Å². The maximum atomic E-state index is 8.78. The number of nitrogens with one attached hydrogen (secondary N) is 2. The molecule has 1 aromatic heterocycles. The molecule has 3 heteroatoms. The molecule has 1 heterocycles. The lowest BCUT2D eigenvalue weighted by Gasteiger charge is -2.25. The second-order valence-electron chi connectivity index (χ2n) is 3.58. The minimum absolute atomic E-state index is 0.0447. The first-order valence-corrected chi connectivity index (χ1v) is 4.16. The number of H-pyrrole nitrogens is 1. The molecule has 1 rings (SSSR count). The van der Waals surface area contributed by atoms with Gasteiger partial charge >= 0.3 is 0 Å². The molecular weight excluding hydrogens is 152 g/mol. The molecule has 3 N–H and O–H groups in total. The third kappa shape index (κ3) is 2.58. The van der Waals surface area contributed by atoms with Gasteiger partial charge in [0.1, 0.15) is 0 Å². The zero-order valence-corrected chi connectivity index (χ0v) is 7.59. The summed E-state index contributed by atoms with van der Waals surface area (Å²) in [5.41, 5.74) is 1.02. The second-order valence-corrected chi connectivity index (χ2v) is 3.58. The lowest BCUT2D eigenvalue weighted by molar-refractivity contribution is 0.261. The van der Waals surface area contributed by atoms with Crippen molar-refractivity contribution in [2.45, 2.75) is 25.8 Å². The number of hydrogen-bond acceptors (Lipinski definition) is 2. The second kappa shape index (κ2) is 3.63. The van der Waals surface area contributed by atoms with E-state index in [1.807, 2.05) is 18.5 Å². The first-order valence-electron chi connectivity index (χ1n) is 4.16. The SMILES string of the molecule is CC(C)(CCO)Nc1cc[nH]c1. The third-order valence-corrected chi connectivity index (χ3v) is 1.82. The van der Waals surface area contributed by atoms with Crippen LogP contribution in [-0.4, -0.2) is 22.2 Å². The monoisotopic (exact) mass is 168 g/mol. The maximum absolute atomic E-state index is 8.78. The van der Waals surface area contributed by atoms with Gasteiger partial charge in [0.25, 0.3) is 0 Å². The first-order chi connectivity index (χ1) is 5.64. The van der Waals surface area contributed by atoms with Crippen molar-refractivity contribution >= 4 is 5.69 Å². The summed E-state index contributed by atoms with van der Waals surface area (Å²) in [5, 5.41) is 12.1. The van der Waals surface area contributed by atoms with Gasteiger partial charge in [0.15, 0.2) is 0 Å². The molecule has 68 valence electrons. The number of aromatic amines is 1. The van der Waals surface area contributed by atoms with Gasteiger partial charge < -0.3 is 15.4 Å². The van der Waals surface area contributed by atoms with Crippen LogP contribution in [-0.2, 0) is 0 Å². The highest BCUT2D eigenvalue weighted by Gasteiger charge is 2.15. The molecule has 0 bridgehead atoms. The molecule has 0 aliphatic heterocycles. The van der Waals surface area contributed by atoms with Gasteiger partial charge in [-0.3, -0.25) is 0 Å². The standard InChI is InChI=1S/C9H16N2O/c1-9(2,4-6-12)11-8-3-5-10-7-8/h3,5,7,10-12H,4,6H2,1-2H3.